The number of ether oxygens (including phenoxy) is 2. The highest BCUT2D eigenvalue weighted by molar-refractivity contribution is 6.44. The second kappa shape index (κ2) is 9.81. The smallest absolute Gasteiger partial charge is 0.340 e. The van der Waals surface area contributed by atoms with Crippen molar-refractivity contribution in [3.63, 3.8) is 0 Å². The molecule has 2 aromatic rings. The lowest BCUT2D eigenvalue weighted by Crippen LogP contribution is -2.44. The SMILES string of the molecule is CCOC(=O)c1c(C)[nH]c(C(=O)C(=O)N[C@@H]2CCCC[C@H]2C)c1-c1ccc(OC)cc1. The molecule has 2 N–H and O–H groups in total. The molecule has 3 rings (SSSR count). The summed E-state index contributed by atoms with van der Waals surface area (Å²) in [7, 11) is 1.56. The number of H-pyrrole nitrogens is 1. The maximum absolute atomic E-state index is 13.2. The first kappa shape index (κ1) is 22.6. The van der Waals surface area contributed by atoms with Gasteiger partial charge in [-0.3, -0.25) is 9.59 Å². The lowest BCUT2D eigenvalue weighted by Gasteiger charge is -2.29. The van der Waals surface area contributed by atoms with Crippen LogP contribution in [0.4, 0.5) is 0 Å². The molecule has 1 amide bonds. The number of nitrogens with one attached hydrogen (secondary N) is 2. The van der Waals surface area contributed by atoms with Crippen LogP contribution in [0.15, 0.2) is 24.3 Å². The van der Waals surface area contributed by atoms with E-state index < -0.39 is 17.7 Å². The number of amides is 1. The molecular formula is C24H30N2O5. The largest absolute Gasteiger partial charge is 0.497 e. The van der Waals surface area contributed by atoms with Crippen LogP contribution in [0.5, 0.6) is 5.75 Å². The zero-order chi connectivity index (χ0) is 22.5. The number of rotatable bonds is 7. The third kappa shape index (κ3) is 4.81. The first-order valence-corrected chi connectivity index (χ1v) is 10.8. The molecule has 1 fully saturated rings. The van der Waals surface area contributed by atoms with Gasteiger partial charge in [-0.1, -0.05) is 31.9 Å². The number of esters is 1. The van der Waals surface area contributed by atoms with E-state index in [1.807, 2.05) is 0 Å². The van der Waals surface area contributed by atoms with Crippen LogP contribution >= 0.6 is 0 Å². The molecule has 1 aliphatic carbocycles. The minimum Gasteiger partial charge on any atom is -0.497 e. The Labute approximate surface area is 182 Å². The molecule has 1 heterocycles. The zero-order valence-electron chi connectivity index (χ0n) is 18.5. The monoisotopic (exact) mass is 426 g/mol. The Kier molecular flexibility index (Phi) is 7.15. The Hall–Kier alpha value is -3.09. The molecule has 0 aliphatic heterocycles. The van der Waals surface area contributed by atoms with Crippen LogP contribution in [0.3, 0.4) is 0 Å². The number of Topliss-reactive ketones (excluding diaryl/α,β-unsaturated/α-hetero) is 1. The number of benzene rings is 1. The van der Waals surface area contributed by atoms with Crippen LogP contribution in [0.1, 0.15) is 66.1 Å². The molecule has 0 bridgehead atoms. The van der Waals surface area contributed by atoms with Gasteiger partial charge in [0.25, 0.3) is 11.7 Å². The highest BCUT2D eigenvalue weighted by atomic mass is 16.5. The maximum Gasteiger partial charge on any atom is 0.340 e. The standard InChI is InChI=1S/C24H30N2O5/c1-5-31-24(29)19-15(3)25-21(20(19)16-10-12-17(30-4)13-11-16)22(27)23(28)26-18-9-7-6-8-14(18)2/h10-14,18,25H,5-9H2,1-4H3,(H,26,28)/t14-,18-/m1/s1. The average Bonchev–Trinajstić information content (AvgIpc) is 3.12. The van der Waals surface area contributed by atoms with Gasteiger partial charge in [-0.2, -0.15) is 0 Å². The van der Waals surface area contributed by atoms with Gasteiger partial charge in [0.15, 0.2) is 0 Å². The fraction of sp³-hybridized carbons (Fsp3) is 0.458. The Balaban J connectivity index is 2.00. The highest BCUT2D eigenvalue weighted by Gasteiger charge is 2.32. The molecule has 0 radical (unpaired) electrons. The van der Waals surface area contributed by atoms with Crippen LogP contribution in [0.2, 0.25) is 0 Å². The molecule has 1 aromatic heterocycles. The topological polar surface area (TPSA) is 97.5 Å². The van der Waals surface area contributed by atoms with E-state index >= 15 is 0 Å². The number of aromatic nitrogens is 1. The number of carbonyl (C=O) groups is 3. The summed E-state index contributed by atoms with van der Waals surface area (Å²) in [5, 5.41) is 2.90. The van der Waals surface area contributed by atoms with Gasteiger partial charge in [0, 0.05) is 17.3 Å². The Bertz CT molecular complexity index is 961. The van der Waals surface area contributed by atoms with Crippen molar-refractivity contribution in [1.82, 2.24) is 10.3 Å². The van der Waals surface area contributed by atoms with Crippen molar-refractivity contribution in [1.29, 1.82) is 0 Å². The van der Waals surface area contributed by atoms with Crippen LogP contribution in [0.25, 0.3) is 11.1 Å². The molecule has 7 nitrogen and oxygen atoms in total. The molecule has 0 unspecified atom stereocenters. The van der Waals surface area contributed by atoms with E-state index in [1.165, 1.54) is 0 Å². The normalized spacial score (nSPS) is 18.3. The molecule has 7 heteroatoms. The fourth-order valence-electron chi connectivity index (χ4n) is 4.18. The number of aryl methyl sites for hydroxylation is 1. The molecule has 0 saturated heterocycles. The lowest BCUT2D eigenvalue weighted by atomic mass is 9.86. The minimum absolute atomic E-state index is 0.0183. The summed E-state index contributed by atoms with van der Waals surface area (Å²) in [5.41, 5.74) is 1.82. The van der Waals surface area contributed by atoms with E-state index in [9.17, 15) is 14.4 Å². The number of hydrogen-bond donors (Lipinski definition) is 2. The van der Waals surface area contributed by atoms with Crippen LogP contribution in [-0.4, -0.2) is 42.4 Å². The molecule has 0 spiro atoms. The highest BCUT2D eigenvalue weighted by Crippen LogP contribution is 2.33. The summed E-state index contributed by atoms with van der Waals surface area (Å²) in [6.45, 7) is 5.71. The molecule has 166 valence electrons. The second-order valence-corrected chi connectivity index (χ2v) is 7.99. The van der Waals surface area contributed by atoms with Gasteiger partial charge in [0.05, 0.1) is 19.3 Å². The van der Waals surface area contributed by atoms with Gasteiger partial charge in [-0.15, -0.1) is 0 Å². The lowest BCUT2D eigenvalue weighted by molar-refractivity contribution is -0.118. The predicted molar refractivity (Wildman–Crippen MR) is 117 cm³/mol. The van der Waals surface area contributed by atoms with Gasteiger partial charge in [-0.05, 0) is 50.3 Å². The Morgan fingerprint density at radius 1 is 1.13 bits per heavy atom. The predicted octanol–water partition coefficient (Wildman–Crippen LogP) is 4.05. The van der Waals surface area contributed by atoms with Gasteiger partial charge < -0.3 is 19.8 Å². The van der Waals surface area contributed by atoms with Gasteiger partial charge in [0.1, 0.15) is 11.4 Å². The Morgan fingerprint density at radius 2 is 1.81 bits per heavy atom. The Morgan fingerprint density at radius 3 is 2.42 bits per heavy atom. The first-order valence-electron chi connectivity index (χ1n) is 10.8. The van der Waals surface area contributed by atoms with E-state index in [4.69, 9.17) is 9.47 Å². The fourth-order valence-corrected chi connectivity index (χ4v) is 4.18. The molecular weight excluding hydrogens is 396 g/mol. The van der Waals surface area contributed by atoms with Crippen molar-refractivity contribution in [3.05, 3.63) is 41.2 Å². The summed E-state index contributed by atoms with van der Waals surface area (Å²) in [5.74, 6) is -0.924. The van der Waals surface area contributed by atoms with E-state index in [2.05, 4.69) is 17.2 Å². The van der Waals surface area contributed by atoms with Crippen molar-refractivity contribution >= 4 is 17.7 Å². The van der Waals surface area contributed by atoms with Crippen molar-refractivity contribution in [2.45, 2.75) is 52.5 Å². The van der Waals surface area contributed by atoms with E-state index in [0.29, 0.717) is 28.5 Å². The van der Waals surface area contributed by atoms with Crippen LogP contribution in [0, 0.1) is 12.8 Å². The van der Waals surface area contributed by atoms with E-state index in [0.717, 1.165) is 25.7 Å². The van der Waals surface area contributed by atoms with Crippen molar-refractivity contribution < 1.29 is 23.9 Å². The number of methoxy groups -OCH3 is 1. The van der Waals surface area contributed by atoms with Crippen LogP contribution < -0.4 is 10.1 Å². The van der Waals surface area contributed by atoms with Crippen molar-refractivity contribution in [2.75, 3.05) is 13.7 Å². The zero-order valence-corrected chi connectivity index (χ0v) is 18.5. The number of hydrogen-bond acceptors (Lipinski definition) is 5. The minimum atomic E-state index is -0.692. The first-order chi connectivity index (χ1) is 14.9. The van der Waals surface area contributed by atoms with Gasteiger partial charge in [0.2, 0.25) is 0 Å². The van der Waals surface area contributed by atoms with Crippen LogP contribution in [-0.2, 0) is 9.53 Å². The maximum atomic E-state index is 13.2. The quantitative estimate of drug-likeness (QED) is 0.395. The molecule has 2 atom stereocenters. The number of aromatic amines is 1. The molecule has 1 aromatic carbocycles. The third-order valence-electron chi connectivity index (χ3n) is 5.91. The molecule has 1 aliphatic rings. The molecule has 31 heavy (non-hydrogen) atoms. The second-order valence-electron chi connectivity index (χ2n) is 7.99. The van der Waals surface area contributed by atoms with Gasteiger partial charge in [-0.25, -0.2) is 4.79 Å². The van der Waals surface area contributed by atoms with Crippen molar-refractivity contribution in [3.8, 4) is 16.9 Å². The summed E-state index contributed by atoms with van der Waals surface area (Å²) in [6, 6.07) is 6.97. The molecule has 1 saturated carbocycles. The number of ketones is 1. The average molecular weight is 427 g/mol. The van der Waals surface area contributed by atoms with E-state index in [-0.39, 0.29) is 23.9 Å². The summed E-state index contributed by atoms with van der Waals surface area (Å²) in [6.07, 6.45) is 4.07. The summed E-state index contributed by atoms with van der Waals surface area (Å²) >= 11 is 0. The summed E-state index contributed by atoms with van der Waals surface area (Å²) in [4.78, 5) is 41.6. The number of carbonyl (C=O) groups excluding carboxylic acids is 3. The van der Waals surface area contributed by atoms with Gasteiger partial charge >= 0.3 is 5.97 Å². The third-order valence-corrected chi connectivity index (χ3v) is 5.91. The van der Waals surface area contributed by atoms with E-state index in [1.54, 1.807) is 45.2 Å². The van der Waals surface area contributed by atoms with Crippen molar-refractivity contribution in [2.24, 2.45) is 5.92 Å². The summed E-state index contributed by atoms with van der Waals surface area (Å²) < 4.78 is 10.4.